The number of anilines is 1. The summed E-state index contributed by atoms with van der Waals surface area (Å²) >= 11 is 0. The number of carbonyl (C=O) groups excluding carboxylic acids is 1. The fourth-order valence-corrected chi connectivity index (χ4v) is 5.52. The number of pyridine rings is 1. The number of nitrogens with zero attached hydrogens (tertiary/aromatic N) is 3. The first-order valence-electron chi connectivity index (χ1n) is 10.9. The van der Waals surface area contributed by atoms with Crippen LogP contribution in [0.2, 0.25) is 0 Å². The third-order valence-electron chi connectivity index (χ3n) is 4.87. The van der Waals surface area contributed by atoms with Crippen molar-refractivity contribution >= 4 is 30.2 Å². The number of para-hydroxylation sites is 1. The lowest BCUT2D eigenvalue weighted by molar-refractivity contribution is -0.151. The predicted molar refractivity (Wildman–Crippen MR) is 127 cm³/mol. The van der Waals surface area contributed by atoms with E-state index >= 15 is 0 Å². The van der Waals surface area contributed by atoms with Gasteiger partial charge in [0.05, 0.1) is 42.8 Å². The molecule has 3 atom stereocenters. The number of hydrogen-bond donors (Lipinski definition) is 1. The molecule has 0 bridgehead atoms. The highest BCUT2D eigenvalue weighted by molar-refractivity contribution is 7.59. The molecule has 0 radical (unpaired) electrons. The molecular formula is C23H31N4O5P. The highest BCUT2D eigenvalue weighted by atomic mass is 31.2. The van der Waals surface area contributed by atoms with Crippen LogP contribution in [-0.2, 0) is 25.4 Å². The lowest BCUT2D eigenvalue weighted by Gasteiger charge is -2.24. The Labute approximate surface area is 193 Å². The maximum atomic E-state index is 13.7. The fraction of sp³-hybridized carbons (Fsp3) is 0.435. The largest absolute Gasteiger partial charge is 0.463 e. The summed E-state index contributed by atoms with van der Waals surface area (Å²) in [5, 5.41) is 0. The molecule has 3 aromatic rings. The number of hydrogen-bond acceptors (Lipinski definition) is 8. The van der Waals surface area contributed by atoms with Crippen LogP contribution in [0.25, 0.3) is 11.2 Å². The Kier molecular flexibility index (Phi) is 8.10. The van der Waals surface area contributed by atoms with Crippen LogP contribution in [0.4, 0.5) is 5.69 Å². The molecule has 2 N–H and O–H groups in total. The molecule has 0 aliphatic carbocycles. The van der Waals surface area contributed by atoms with Crippen LogP contribution >= 0.6 is 7.37 Å². The summed E-state index contributed by atoms with van der Waals surface area (Å²) in [6.07, 6.45) is 2.56. The molecule has 0 aliphatic heterocycles. The second-order valence-corrected chi connectivity index (χ2v) is 10.8. The molecule has 33 heavy (non-hydrogen) atoms. The number of nitrogens with two attached hydrogens (primary N) is 1. The van der Waals surface area contributed by atoms with Crippen molar-refractivity contribution in [1.82, 2.24) is 14.5 Å². The topological polar surface area (TPSA) is 119 Å². The molecule has 178 valence electrons. The summed E-state index contributed by atoms with van der Waals surface area (Å²) < 4.78 is 32.7. The molecule has 0 amide bonds. The smallest absolute Gasteiger partial charge is 0.309 e. The Balaban J connectivity index is 1.70. The zero-order valence-corrected chi connectivity index (χ0v) is 20.3. The average Bonchev–Trinajstić information content (AvgIpc) is 3.16. The third-order valence-corrected chi connectivity index (χ3v) is 7.06. The highest BCUT2D eigenvalue weighted by Gasteiger charge is 2.32. The normalized spacial score (nSPS) is 15.2. The summed E-state index contributed by atoms with van der Waals surface area (Å²) in [6.45, 7) is 7.53. The van der Waals surface area contributed by atoms with Gasteiger partial charge in [0.1, 0.15) is 17.6 Å². The van der Waals surface area contributed by atoms with Gasteiger partial charge in [0.2, 0.25) is 0 Å². The van der Waals surface area contributed by atoms with Gasteiger partial charge in [0, 0.05) is 6.20 Å². The molecule has 2 heterocycles. The maximum Gasteiger partial charge on any atom is 0.309 e. The van der Waals surface area contributed by atoms with E-state index in [1.54, 1.807) is 63.6 Å². The minimum absolute atomic E-state index is 0.00621. The van der Waals surface area contributed by atoms with Gasteiger partial charge in [-0.1, -0.05) is 25.1 Å². The third kappa shape index (κ3) is 6.79. The number of carbonyl (C=O) groups is 1. The molecule has 1 aromatic carbocycles. The Bertz CT molecular complexity index is 1120. The van der Waals surface area contributed by atoms with Gasteiger partial charge in [-0.05, 0) is 39.0 Å². The van der Waals surface area contributed by atoms with Crippen LogP contribution in [-0.4, -0.2) is 45.2 Å². The van der Waals surface area contributed by atoms with Gasteiger partial charge in [0.25, 0.3) is 7.37 Å². The van der Waals surface area contributed by atoms with Crippen LogP contribution in [0.5, 0.6) is 5.75 Å². The molecule has 0 spiro atoms. The van der Waals surface area contributed by atoms with Gasteiger partial charge in [0.15, 0.2) is 5.65 Å². The second-order valence-electron chi connectivity index (χ2n) is 8.36. The molecule has 3 rings (SSSR count). The molecule has 0 saturated carbocycles. The number of aromatic nitrogens is 3. The van der Waals surface area contributed by atoms with Crippen LogP contribution in [0.15, 0.2) is 48.9 Å². The molecule has 0 aliphatic rings. The van der Waals surface area contributed by atoms with E-state index in [2.05, 4.69) is 9.97 Å². The number of nitrogen functional groups attached to an aromatic ring is 1. The lowest BCUT2D eigenvalue weighted by atomic mass is 10.2. The quantitative estimate of drug-likeness (QED) is 0.322. The number of ether oxygens (including phenoxy) is 2. The van der Waals surface area contributed by atoms with Gasteiger partial charge < -0.3 is 24.3 Å². The molecule has 10 heteroatoms. The molecular weight excluding hydrogens is 443 g/mol. The zero-order valence-electron chi connectivity index (χ0n) is 19.4. The summed E-state index contributed by atoms with van der Waals surface area (Å²) in [7, 11) is -3.38. The summed E-state index contributed by atoms with van der Waals surface area (Å²) in [5.41, 5.74) is 7.78. The monoisotopic (exact) mass is 474 g/mol. The van der Waals surface area contributed by atoms with Crippen molar-refractivity contribution < 1.29 is 23.4 Å². The first-order valence-corrected chi connectivity index (χ1v) is 12.9. The summed E-state index contributed by atoms with van der Waals surface area (Å²) in [4.78, 5) is 21.0. The Hall–Kier alpha value is -2.90. The van der Waals surface area contributed by atoms with Crippen molar-refractivity contribution in [3.63, 3.8) is 0 Å². The highest BCUT2D eigenvalue weighted by Crippen LogP contribution is 2.49. The van der Waals surface area contributed by atoms with Crippen molar-refractivity contribution in [3.05, 3.63) is 48.9 Å². The van der Waals surface area contributed by atoms with Crippen LogP contribution in [0.1, 0.15) is 27.7 Å². The Morgan fingerprint density at radius 2 is 1.85 bits per heavy atom. The van der Waals surface area contributed by atoms with E-state index in [0.717, 1.165) is 0 Å². The SMILES string of the molecule is CC(C)OC(=O)[C@H](C)C[P@](=O)(CO[C@H](C)Cn1cnc2c(N)ccnc21)Oc1ccccc1. The Morgan fingerprint density at radius 1 is 1.12 bits per heavy atom. The predicted octanol–water partition coefficient (Wildman–Crippen LogP) is 4.32. The van der Waals surface area contributed by atoms with E-state index in [-0.39, 0.29) is 24.7 Å². The first-order chi connectivity index (χ1) is 15.7. The van der Waals surface area contributed by atoms with E-state index in [1.165, 1.54) is 0 Å². The van der Waals surface area contributed by atoms with E-state index in [0.29, 0.717) is 29.1 Å². The molecule has 0 unspecified atom stereocenters. The van der Waals surface area contributed by atoms with Gasteiger partial charge in [-0.2, -0.15) is 0 Å². The zero-order chi connectivity index (χ0) is 24.0. The summed E-state index contributed by atoms with van der Waals surface area (Å²) in [5.74, 6) is -0.559. The minimum Gasteiger partial charge on any atom is -0.463 e. The van der Waals surface area contributed by atoms with E-state index < -0.39 is 19.3 Å². The fourth-order valence-electron chi connectivity index (χ4n) is 3.32. The van der Waals surface area contributed by atoms with Gasteiger partial charge in [-0.15, -0.1) is 0 Å². The lowest BCUT2D eigenvalue weighted by Crippen LogP contribution is -2.24. The molecule has 9 nitrogen and oxygen atoms in total. The van der Waals surface area contributed by atoms with Crippen molar-refractivity contribution in [3.8, 4) is 5.75 Å². The molecule has 2 aromatic heterocycles. The number of imidazole rings is 1. The average molecular weight is 474 g/mol. The van der Waals surface area contributed by atoms with E-state index in [9.17, 15) is 9.36 Å². The Morgan fingerprint density at radius 3 is 2.55 bits per heavy atom. The first kappa shape index (κ1) is 24.7. The van der Waals surface area contributed by atoms with Crippen LogP contribution in [0.3, 0.4) is 0 Å². The second kappa shape index (κ2) is 10.8. The molecule has 0 fully saturated rings. The van der Waals surface area contributed by atoms with E-state index in [4.69, 9.17) is 19.7 Å². The van der Waals surface area contributed by atoms with Gasteiger partial charge >= 0.3 is 5.97 Å². The van der Waals surface area contributed by atoms with Crippen molar-refractivity contribution in [2.24, 2.45) is 5.92 Å². The molecule has 0 saturated heterocycles. The van der Waals surface area contributed by atoms with Crippen LogP contribution in [0, 0.1) is 5.92 Å². The van der Waals surface area contributed by atoms with Crippen LogP contribution < -0.4 is 10.3 Å². The van der Waals surface area contributed by atoms with Gasteiger partial charge in [-0.3, -0.25) is 9.36 Å². The van der Waals surface area contributed by atoms with E-state index in [1.807, 2.05) is 17.6 Å². The van der Waals surface area contributed by atoms with Gasteiger partial charge in [-0.25, -0.2) is 9.97 Å². The summed E-state index contributed by atoms with van der Waals surface area (Å²) in [6, 6.07) is 10.6. The van der Waals surface area contributed by atoms with Crippen molar-refractivity contribution in [2.45, 2.75) is 46.4 Å². The van der Waals surface area contributed by atoms with Crippen molar-refractivity contribution in [1.29, 1.82) is 0 Å². The number of fused-ring (bicyclic) bond motifs is 1. The van der Waals surface area contributed by atoms with Crippen molar-refractivity contribution in [2.75, 3.05) is 18.2 Å². The number of benzene rings is 1. The standard InChI is InChI=1S/C23H31N4O5P/c1-16(2)31-23(28)17(3)13-33(29,32-19-8-6-5-7-9-19)15-30-18(4)12-27-14-26-21-20(24)10-11-25-22(21)27/h5-11,14,16-18H,12-13,15H2,1-4H3,(H2,24,25)/t17-,18-,33-/m1/s1. The maximum absolute atomic E-state index is 13.7. The number of esters is 1. The number of rotatable bonds is 11. The minimum atomic E-state index is -3.38.